The van der Waals surface area contributed by atoms with Crippen LogP contribution in [0.2, 0.25) is 0 Å². The molecule has 0 spiro atoms. The van der Waals surface area contributed by atoms with Crippen molar-refractivity contribution in [3.63, 3.8) is 0 Å². The minimum atomic E-state index is 0.0955. The van der Waals surface area contributed by atoms with Gasteiger partial charge in [0, 0.05) is 30.9 Å². The summed E-state index contributed by atoms with van der Waals surface area (Å²) in [6.07, 6.45) is 1.04. The largest absolute Gasteiger partial charge is 0.392 e. The summed E-state index contributed by atoms with van der Waals surface area (Å²) in [7, 11) is 0. The number of aromatic nitrogens is 1. The van der Waals surface area contributed by atoms with Crippen LogP contribution in [0.4, 0.5) is 0 Å². The maximum atomic E-state index is 9.19. The predicted octanol–water partition coefficient (Wildman–Crippen LogP) is 1.26. The van der Waals surface area contributed by atoms with E-state index in [4.69, 9.17) is 0 Å². The summed E-state index contributed by atoms with van der Waals surface area (Å²) in [6, 6.07) is 2.11. The van der Waals surface area contributed by atoms with E-state index < -0.39 is 0 Å². The van der Waals surface area contributed by atoms with Crippen molar-refractivity contribution in [2.24, 2.45) is 0 Å². The zero-order chi connectivity index (χ0) is 10.8. The Hall–Kier alpha value is -0.930. The fraction of sp³-hybridized carbons (Fsp3) is 0.583. The van der Waals surface area contributed by atoms with Gasteiger partial charge in [-0.25, -0.2) is 0 Å². The number of fused-ring (bicyclic) bond motifs is 1. The first-order chi connectivity index (χ1) is 7.24. The number of pyridine rings is 1. The average Bonchev–Trinajstić information content (AvgIpc) is 2.27. The van der Waals surface area contributed by atoms with Gasteiger partial charge in [0.2, 0.25) is 0 Å². The van der Waals surface area contributed by atoms with Crippen molar-refractivity contribution in [1.82, 2.24) is 9.88 Å². The molecule has 2 heterocycles. The minimum Gasteiger partial charge on any atom is -0.392 e. The molecular weight excluding hydrogens is 188 g/mol. The van der Waals surface area contributed by atoms with Crippen LogP contribution < -0.4 is 0 Å². The van der Waals surface area contributed by atoms with Crippen LogP contribution in [-0.4, -0.2) is 28.1 Å². The highest BCUT2D eigenvalue weighted by Crippen LogP contribution is 2.20. The average molecular weight is 206 g/mol. The zero-order valence-corrected chi connectivity index (χ0v) is 9.45. The highest BCUT2D eigenvalue weighted by Gasteiger charge is 2.17. The van der Waals surface area contributed by atoms with E-state index in [2.05, 4.69) is 22.9 Å². The minimum absolute atomic E-state index is 0.0955. The molecule has 3 nitrogen and oxygen atoms in total. The number of nitrogens with zero attached hydrogens (tertiary/aromatic N) is 2. The molecule has 0 fully saturated rings. The lowest BCUT2D eigenvalue weighted by molar-refractivity contribution is 0.262. The summed E-state index contributed by atoms with van der Waals surface area (Å²) in [4.78, 5) is 6.97. The van der Waals surface area contributed by atoms with Crippen LogP contribution in [0.25, 0.3) is 0 Å². The molecule has 82 valence electrons. The van der Waals surface area contributed by atoms with E-state index in [1.165, 1.54) is 11.3 Å². The molecule has 0 saturated carbocycles. The van der Waals surface area contributed by atoms with Crippen LogP contribution in [0.15, 0.2) is 6.07 Å². The number of hydrogen-bond donors (Lipinski definition) is 1. The first kappa shape index (κ1) is 10.6. The standard InChI is InChI=1S/C12H18N2O/c1-3-14-5-4-12-10(7-14)6-11(8-15)9(2)13-12/h6,15H,3-5,7-8H2,1-2H3. The van der Waals surface area contributed by atoms with Crippen LogP contribution >= 0.6 is 0 Å². The predicted molar refractivity (Wildman–Crippen MR) is 59.6 cm³/mol. The Morgan fingerprint density at radius 3 is 3.00 bits per heavy atom. The van der Waals surface area contributed by atoms with Crippen molar-refractivity contribution in [3.8, 4) is 0 Å². The molecule has 0 amide bonds. The van der Waals surface area contributed by atoms with Gasteiger partial charge in [0.1, 0.15) is 0 Å². The third kappa shape index (κ3) is 2.03. The van der Waals surface area contributed by atoms with Crippen LogP contribution in [0, 0.1) is 6.92 Å². The molecule has 1 N–H and O–H groups in total. The van der Waals surface area contributed by atoms with Crippen molar-refractivity contribution in [2.45, 2.75) is 33.4 Å². The third-order valence-corrected chi connectivity index (χ3v) is 3.16. The maximum Gasteiger partial charge on any atom is 0.0699 e. The molecule has 1 aromatic rings. The van der Waals surface area contributed by atoms with Gasteiger partial charge < -0.3 is 5.11 Å². The topological polar surface area (TPSA) is 36.4 Å². The molecule has 1 aliphatic rings. The summed E-state index contributed by atoms with van der Waals surface area (Å²) in [6.45, 7) is 7.41. The van der Waals surface area contributed by atoms with Gasteiger partial charge in [-0.3, -0.25) is 9.88 Å². The Morgan fingerprint density at radius 2 is 2.33 bits per heavy atom. The van der Waals surface area contributed by atoms with Gasteiger partial charge >= 0.3 is 0 Å². The zero-order valence-electron chi connectivity index (χ0n) is 9.45. The van der Waals surface area contributed by atoms with E-state index >= 15 is 0 Å². The number of rotatable bonds is 2. The first-order valence-electron chi connectivity index (χ1n) is 5.56. The second-order valence-electron chi connectivity index (χ2n) is 4.12. The van der Waals surface area contributed by atoms with Gasteiger partial charge in [-0.15, -0.1) is 0 Å². The molecule has 1 aliphatic heterocycles. The Labute approximate surface area is 90.8 Å². The number of hydrogen-bond acceptors (Lipinski definition) is 3. The van der Waals surface area contributed by atoms with Crippen molar-refractivity contribution in [3.05, 3.63) is 28.6 Å². The Morgan fingerprint density at radius 1 is 1.53 bits per heavy atom. The molecule has 15 heavy (non-hydrogen) atoms. The second-order valence-corrected chi connectivity index (χ2v) is 4.12. The quantitative estimate of drug-likeness (QED) is 0.791. The molecule has 0 bridgehead atoms. The lowest BCUT2D eigenvalue weighted by atomic mass is 10.0. The normalized spacial score (nSPS) is 16.5. The molecule has 0 unspecified atom stereocenters. The summed E-state index contributed by atoms with van der Waals surface area (Å²) < 4.78 is 0. The van der Waals surface area contributed by atoms with Gasteiger partial charge in [-0.1, -0.05) is 6.92 Å². The maximum absolute atomic E-state index is 9.19. The van der Waals surface area contributed by atoms with Gasteiger partial charge in [0.15, 0.2) is 0 Å². The highest BCUT2D eigenvalue weighted by atomic mass is 16.3. The molecule has 0 aromatic carbocycles. The van der Waals surface area contributed by atoms with E-state index in [0.717, 1.165) is 37.3 Å². The molecule has 0 radical (unpaired) electrons. The fourth-order valence-corrected chi connectivity index (χ4v) is 2.11. The molecule has 1 aromatic heterocycles. The van der Waals surface area contributed by atoms with E-state index in [9.17, 15) is 5.11 Å². The van der Waals surface area contributed by atoms with Crippen LogP contribution in [0.3, 0.4) is 0 Å². The summed E-state index contributed by atoms with van der Waals surface area (Å²) >= 11 is 0. The van der Waals surface area contributed by atoms with Crippen molar-refractivity contribution in [2.75, 3.05) is 13.1 Å². The Balaban J connectivity index is 2.33. The van der Waals surface area contributed by atoms with E-state index in [1.807, 2.05) is 6.92 Å². The van der Waals surface area contributed by atoms with Crippen molar-refractivity contribution >= 4 is 0 Å². The van der Waals surface area contributed by atoms with Crippen molar-refractivity contribution < 1.29 is 5.11 Å². The van der Waals surface area contributed by atoms with E-state index in [-0.39, 0.29) is 6.61 Å². The van der Waals surface area contributed by atoms with Crippen LogP contribution in [-0.2, 0) is 19.6 Å². The Bertz CT molecular complexity index is 363. The van der Waals surface area contributed by atoms with Crippen LogP contribution in [0.5, 0.6) is 0 Å². The van der Waals surface area contributed by atoms with Crippen LogP contribution in [0.1, 0.15) is 29.4 Å². The van der Waals surface area contributed by atoms with E-state index in [1.54, 1.807) is 0 Å². The smallest absolute Gasteiger partial charge is 0.0699 e. The van der Waals surface area contributed by atoms with Gasteiger partial charge in [0.05, 0.1) is 6.61 Å². The summed E-state index contributed by atoms with van der Waals surface area (Å²) in [5.41, 5.74) is 4.44. The van der Waals surface area contributed by atoms with Gasteiger partial charge in [-0.05, 0) is 30.7 Å². The molecular formula is C12H18N2O. The molecule has 0 atom stereocenters. The molecule has 0 aliphatic carbocycles. The van der Waals surface area contributed by atoms with Crippen molar-refractivity contribution in [1.29, 1.82) is 0 Å². The Kier molecular flexibility index (Phi) is 3.03. The highest BCUT2D eigenvalue weighted by molar-refractivity contribution is 5.31. The molecule has 2 rings (SSSR count). The number of likely N-dealkylation sites (N-methyl/N-ethyl adjacent to an activating group) is 1. The number of aliphatic hydroxyl groups is 1. The fourth-order valence-electron chi connectivity index (χ4n) is 2.11. The first-order valence-corrected chi connectivity index (χ1v) is 5.56. The lowest BCUT2D eigenvalue weighted by Gasteiger charge is -2.27. The lowest BCUT2D eigenvalue weighted by Crippen LogP contribution is -2.31. The van der Waals surface area contributed by atoms with Gasteiger partial charge in [0.25, 0.3) is 0 Å². The monoisotopic (exact) mass is 206 g/mol. The SMILES string of the molecule is CCN1CCc2nc(C)c(CO)cc2C1. The number of aliphatic hydroxyl groups excluding tert-OH is 1. The number of aryl methyl sites for hydroxylation is 1. The third-order valence-electron chi connectivity index (χ3n) is 3.16. The van der Waals surface area contributed by atoms with Gasteiger partial charge in [-0.2, -0.15) is 0 Å². The molecule has 0 saturated heterocycles. The summed E-state index contributed by atoms with van der Waals surface area (Å²) in [5, 5.41) is 9.19. The van der Waals surface area contributed by atoms with E-state index in [0.29, 0.717) is 0 Å². The summed E-state index contributed by atoms with van der Waals surface area (Å²) in [5.74, 6) is 0. The second kappa shape index (κ2) is 4.29. The molecule has 3 heteroatoms.